The number of carbonyl (C=O) groups is 2. The molecule has 1 aromatic heterocycles. The van der Waals surface area contributed by atoms with Crippen LogP contribution < -0.4 is 15.5 Å². The smallest absolute Gasteiger partial charge is 0.253 e. The molecule has 7 heteroatoms. The van der Waals surface area contributed by atoms with E-state index in [1.165, 1.54) is 0 Å². The number of halogens is 1. The van der Waals surface area contributed by atoms with Crippen molar-refractivity contribution in [3.05, 3.63) is 35.0 Å². The molecule has 1 aromatic carbocycles. The lowest BCUT2D eigenvalue weighted by atomic mass is 10.0. The van der Waals surface area contributed by atoms with Gasteiger partial charge in [-0.05, 0) is 38.0 Å². The molecule has 6 nitrogen and oxygen atoms in total. The standard InChI is InChI=1S/C18H19ClN4O2/c1-10-3-5-23(10)16-8-15-11(7-13(16)19)6-12(9-21-15)17(24)22-14-2-4-20-18(14)25/h6-10,14H,2-5H2,1H3,(H,20,25)(H,22,24). The van der Waals surface area contributed by atoms with Crippen molar-refractivity contribution in [3.63, 3.8) is 0 Å². The largest absolute Gasteiger partial charge is 0.367 e. The third-order valence-electron chi connectivity index (χ3n) is 5.00. The van der Waals surface area contributed by atoms with Gasteiger partial charge < -0.3 is 15.5 Å². The molecule has 2 aromatic rings. The lowest BCUT2D eigenvalue weighted by molar-refractivity contribution is -0.120. The Morgan fingerprint density at radius 3 is 2.84 bits per heavy atom. The Labute approximate surface area is 150 Å². The third-order valence-corrected chi connectivity index (χ3v) is 5.30. The van der Waals surface area contributed by atoms with Crippen LogP contribution in [0.2, 0.25) is 5.02 Å². The molecule has 4 rings (SSSR count). The number of anilines is 1. The Hall–Kier alpha value is -2.34. The van der Waals surface area contributed by atoms with Crippen molar-refractivity contribution in [2.45, 2.75) is 31.8 Å². The summed E-state index contributed by atoms with van der Waals surface area (Å²) in [7, 11) is 0. The van der Waals surface area contributed by atoms with Crippen LogP contribution in [-0.2, 0) is 4.79 Å². The van der Waals surface area contributed by atoms with Crippen LogP contribution in [0.1, 0.15) is 30.1 Å². The number of benzene rings is 1. The van der Waals surface area contributed by atoms with Gasteiger partial charge in [0.25, 0.3) is 5.91 Å². The summed E-state index contributed by atoms with van der Waals surface area (Å²) in [5, 5.41) is 6.92. The zero-order chi connectivity index (χ0) is 17.6. The first-order valence-corrected chi connectivity index (χ1v) is 8.85. The highest BCUT2D eigenvalue weighted by atomic mass is 35.5. The quantitative estimate of drug-likeness (QED) is 0.881. The van der Waals surface area contributed by atoms with E-state index >= 15 is 0 Å². The topological polar surface area (TPSA) is 74.3 Å². The van der Waals surface area contributed by atoms with Crippen molar-refractivity contribution in [3.8, 4) is 0 Å². The van der Waals surface area contributed by atoms with E-state index in [4.69, 9.17) is 11.6 Å². The zero-order valence-electron chi connectivity index (χ0n) is 13.9. The van der Waals surface area contributed by atoms with Gasteiger partial charge in [-0.15, -0.1) is 0 Å². The first kappa shape index (κ1) is 16.1. The molecule has 2 fully saturated rings. The summed E-state index contributed by atoms with van der Waals surface area (Å²) >= 11 is 6.44. The Morgan fingerprint density at radius 1 is 1.36 bits per heavy atom. The van der Waals surface area contributed by atoms with Gasteiger partial charge in [-0.1, -0.05) is 11.6 Å². The molecule has 2 N–H and O–H groups in total. The van der Waals surface area contributed by atoms with E-state index in [1.54, 1.807) is 12.3 Å². The van der Waals surface area contributed by atoms with Crippen molar-refractivity contribution in [1.29, 1.82) is 0 Å². The van der Waals surface area contributed by atoms with E-state index < -0.39 is 6.04 Å². The van der Waals surface area contributed by atoms with Crippen LogP contribution in [-0.4, -0.2) is 42.0 Å². The predicted octanol–water partition coefficient (Wildman–Crippen LogP) is 2.11. The molecular formula is C18H19ClN4O2. The van der Waals surface area contributed by atoms with E-state index in [2.05, 4.69) is 27.4 Å². The molecule has 25 heavy (non-hydrogen) atoms. The molecule has 3 heterocycles. The zero-order valence-corrected chi connectivity index (χ0v) is 14.6. The number of nitrogens with one attached hydrogen (secondary N) is 2. The summed E-state index contributed by atoms with van der Waals surface area (Å²) in [5.74, 6) is -0.438. The van der Waals surface area contributed by atoms with Crippen molar-refractivity contribution < 1.29 is 9.59 Å². The fourth-order valence-electron chi connectivity index (χ4n) is 3.33. The van der Waals surface area contributed by atoms with E-state index in [0.29, 0.717) is 29.6 Å². The fraction of sp³-hybridized carbons (Fsp3) is 0.389. The minimum Gasteiger partial charge on any atom is -0.367 e. The average molecular weight is 359 g/mol. The number of pyridine rings is 1. The number of nitrogens with zero attached hydrogens (tertiary/aromatic N) is 2. The van der Waals surface area contributed by atoms with Gasteiger partial charge in [0.15, 0.2) is 0 Å². The summed E-state index contributed by atoms with van der Waals surface area (Å²) in [6, 6.07) is 5.60. The number of hydrogen-bond acceptors (Lipinski definition) is 4. The molecule has 0 bridgehead atoms. The predicted molar refractivity (Wildman–Crippen MR) is 97.1 cm³/mol. The molecule has 0 radical (unpaired) electrons. The Kier molecular flexibility index (Phi) is 4.00. The highest BCUT2D eigenvalue weighted by Gasteiger charge is 2.27. The fourth-order valence-corrected chi connectivity index (χ4v) is 3.61. The molecule has 2 unspecified atom stereocenters. The van der Waals surface area contributed by atoms with Crippen LogP contribution in [0.15, 0.2) is 24.4 Å². The molecule has 130 valence electrons. The van der Waals surface area contributed by atoms with Gasteiger partial charge >= 0.3 is 0 Å². The monoisotopic (exact) mass is 358 g/mol. The van der Waals surface area contributed by atoms with E-state index in [9.17, 15) is 9.59 Å². The maximum Gasteiger partial charge on any atom is 0.253 e. The van der Waals surface area contributed by atoms with Crippen molar-refractivity contribution >= 4 is 40.0 Å². The molecular weight excluding hydrogens is 340 g/mol. The number of hydrogen-bond donors (Lipinski definition) is 2. The maximum absolute atomic E-state index is 12.4. The van der Waals surface area contributed by atoms with Gasteiger partial charge in [0.2, 0.25) is 5.91 Å². The summed E-state index contributed by atoms with van der Waals surface area (Å²) in [5.41, 5.74) is 2.21. The van der Waals surface area contributed by atoms with Crippen molar-refractivity contribution in [2.75, 3.05) is 18.0 Å². The average Bonchev–Trinajstić information content (AvgIpc) is 2.98. The molecule has 0 spiro atoms. The van der Waals surface area contributed by atoms with Crippen molar-refractivity contribution in [1.82, 2.24) is 15.6 Å². The normalized spacial score (nSPS) is 22.6. The molecule has 2 aliphatic rings. The second-order valence-corrected chi connectivity index (χ2v) is 7.06. The van der Waals surface area contributed by atoms with Crippen LogP contribution in [0.3, 0.4) is 0 Å². The molecule has 0 saturated carbocycles. The van der Waals surface area contributed by atoms with Gasteiger partial charge in [-0.3, -0.25) is 14.6 Å². The number of amides is 2. The van der Waals surface area contributed by atoms with Gasteiger partial charge in [-0.25, -0.2) is 0 Å². The van der Waals surface area contributed by atoms with Crippen LogP contribution >= 0.6 is 11.6 Å². The molecule has 2 saturated heterocycles. The highest BCUT2D eigenvalue weighted by Crippen LogP contribution is 2.35. The number of rotatable bonds is 3. The van der Waals surface area contributed by atoms with E-state index in [-0.39, 0.29) is 11.8 Å². The maximum atomic E-state index is 12.4. The van der Waals surface area contributed by atoms with Gasteiger partial charge in [0, 0.05) is 30.7 Å². The van der Waals surface area contributed by atoms with Crippen LogP contribution in [0.25, 0.3) is 10.9 Å². The SMILES string of the molecule is CC1CCN1c1cc2ncc(C(=O)NC3CCNC3=O)cc2cc1Cl. The lowest BCUT2D eigenvalue weighted by Crippen LogP contribution is -2.45. The molecule has 2 amide bonds. The highest BCUT2D eigenvalue weighted by molar-refractivity contribution is 6.34. The summed E-state index contributed by atoms with van der Waals surface area (Å²) in [6.07, 6.45) is 3.31. The first-order valence-electron chi connectivity index (χ1n) is 8.47. The van der Waals surface area contributed by atoms with Crippen LogP contribution in [0.5, 0.6) is 0 Å². The van der Waals surface area contributed by atoms with Crippen molar-refractivity contribution in [2.24, 2.45) is 0 Å². The minimum absolute atomic E-state index is 0.140. The van der Waals surface area contributed by atoms with Gasteiger partial charge in [-0.2, -0.15) is 0 Å². The Bertz CT molecular complexity index is 870. The van der Waals surface area contributed by atoms with Crippen LogP contribution in [0, 0.1) is 0 Å². The minimum atomic E-state index is -0.470. The first-order chi connectivity index (χ1) is 12.0. The lowest BCUT2D eigenvalue weighted by Gasteiger charge is -2.41. The summed E-state index contributed by atoms with van der Waals surface area (Å²) in [6.45, 7) is 3.76. The van der Waals surface area contributed by atoms with Gasteiger partial charge in [0.1, 0.15) is 6.04 Å². The summed E-state index contributed by atoms with van der Waals surface area (Å²) in [4.78, 5) is 30.6. The third kappa shape index (κ3) is 2.91. The molecule has 0 aliphatic carbocycles. The second kappa shape index (κ2) is 6.19. The van der Waals surface area contributed by atoms with E-state index in [0.717, 1.165) is 29.6 Å². The van der Waals surface area contributed by atoms with E-state index in [1.807, 2.05) is 12.1 Å². The summed E-state index contributed by atoms with van der Waals surface area (Å²) < 4.78 is 0. The Balaban J connectivity index is 1.60. The number of carbonyl (C=O) groups excluding carboxylic acids is 2. The molecule has 2 aliphatic heterocycles. The number of aromatic nitrogens is 1. The number of fused-ring (bicyclic) bond motifs is 1. The van der Waals surface area contributed by atoms with Crippen LogP contribution in [0.4, 0.5) is 5.69 Å². The second-order valence-electron chi connectivity index (χ2n) is 6.66. The van der Waals surface area contributed by atoms with Gasteiger partial charge in [0.05, 0.1) is 21.8 Å². The Morgan fingerprint density at radius 2 is 2.20 bits per heavy atom. The molecule has 2 atom stereocenters.